The number of hydrogen-bond donors (Lipinski definition) is 1. The average Bonchev–Trinajstić information content (AvgIpc) is 2.33. The third kappa shape index (κ3) is 0.842. The Morgan fingerprint density at radius 2 is 2.67 bits per heavy atom. The predicted octanol–water partition coefficient (Wildman–Crippen LogP) is 0.969. The van der Waals surface area contributed by atoms with E-state index in [0.717, 1.165) is 0 Å². The molecule has 9 heavy (non-hydrogen) atoms. The number of aromatic amines is 1. The van der Waals surface area contributed by atoms with Gasteiger partial charge in [-0.3, -0.25) is 0 Å². The topological polar surface area (TPSA) is 42.3 Å². The van der Waals surface area contributed by atoms with Crippen LogP contribution in [0.3, 0.4) is 0 Å². The fourth-order valence-electron chi connectivity index (χ4n) is 0.498. The Morgan fingerprint density at radius 3 is 3.11 bits per heavy atom. The molecule has 1 aromatic rings. The molecule has 0 fully saturated rings. The van der Waals surface area contributed by atoms with Crippen LogP contribution in [-0.4, -0.2) is 17.3 Å². The van der Waals surface area contributed by atoms with Crippen LogP contribution in [0.5, 0.6) is 5.75 Å². The Morgan fingerprint density at radius 1 is 1.89 bits per heavy atom. The van der Waals surface area contributed by atoms with Crippen molar-refractivity contribution in [2.75, 3.05) is 7.11 Å². The van der Waals surface area contributed by atoms with E-state index in [-0.39, 0.29) is 0 Å². The molecule has 0 aliphatic carbocycles. The van der Waals surface area contributed by atoms with Gasteiger partial charge in [-0.25, -0.2) is 5.10 Å². The number of rotatable bonds is 1. The van der Waals surface area contributed by atoms with Gasteiger partial charge in [0.1, 0.15) is 6.20 Å². The summed E-state index contributed by atoms with van der Waals surface area (Å²) in [6.07, 6.45) is 1.47. The van der Waals surface area contributed by atoms with E-state index in [2.05, 4.69) is 15.0 Å². The predicted molar refractivity (Wildman–Crippen MR) is 31.4 cm³/mol. The van der Waals surface area contributed by atoms with E-state index in [1.807, 2.05) is 0 Å². The molecule has 1 heterocycles. The molecule has 0 radical (unpaired) electrons. The van der Waals surface area contributed by atoms with Crippen LogP contribution in [0.2, 0.25) is 0 Å². The van der Waals surface area contributed by atoms with Crippen molar-refractivity contribution in [2.24, 2.45) is 0 Å². The summed E-state index contributed by atoms with van der Waals surface area (Å²) in [6, 6.07) is 0. The second kappa shape index (κ2) is 2.18. The maximum Gasteiger partial charge on any atom is 0.292 e. The lowest BCUT2D eigenvalue weighted by atomic mass is 10.6. The SMILES string of the molecule is [C-]#[N+]c1[nH]ncc1OC. The maximum absolute atomic E-state index is 6.58. The van der Waals surface area contributed by atoms with Crippen LogP contribution in [0.25, 0.3) is 4.85 Å². The lowest BCUT2D eigenvalue weighted by Crippen LogP contribution is -1.76. The van der Waals surface area contributed by atoms with Crippen molar-refractivity contribution < 1.29 is 4.74 Å². The molecule has 0 saturated heterocycles. The molecule has 0 atom stereocenters. The first kappa shape index (κ1) is 5.63. The average molecular weight is 123 g/mol. The Balaban J connectivity index is 3.02. The van der Waals surface area contributed by atoms with Gasteiger partial charge in [0.25, 0.3) is 5.82 Å². The molecular weight excluding hydrogens is 118 g/mol. The molecule has 4 nitrogen and oxygen atoms in total. The smallest absolute Gasteiger partial charge is 0.292 e. The van der Waals surface area contributed by atoms with Gasteiger partial charge in [-0.15, -0.1) is 5.10 Å². The molecule has 0 aliphatic rings. The second-order valence-corrected chi connectivity index (χ2v) is 1.40. The summed E-state index contributed by atoms with van der Waals surface area (Å²) in [5.41, 5.74) is 0. The molecule has 1 rings (SSSR count). The summed E-state index contributed by atoms with van der Waals surface area (Å²) in [4.78, 5) is 3.11. The third-order valence-corrected chi connectivity index (χ3v) is 0.917. The minimum Gasteiger partial charge on any atom is -0.504 e. The molecule has 1 N–H and O–H groups in total. The highest BCUT2D eigenvalue weighted by atomic mass is 16.5. The van der Waals surface area contributed by atoms with Gasteiger partial charge in [-0.1, -0.05) is 6.57 Å². The molecular formula is C5H5N3O. The number of nitrogens with zero attached hydrogens (tertiary/aromatic N) is 2. The van der Waals surface area contributed by atoms with Crippen molar-refractivity contribution in [2.45, 2.75) is 0 Å². The summed E-state index contributed by atoms with van der Waals surface area (Å²) < 4.78 is 4.77. The number of nitrogens with one attached hydrogen (secondary N) is 1. The van der Waals surface area contributed by atoms with E-state index in [0.29, 0.717) is 11.6 Å². The molecule has 4 heteroatoms. The molecule has 0 spiro atoms. The van der Waals surface area contributed by atoms with Crippen LogP contribution < -0.4 is 4.74 Å². The van der Waals surface area contributed by atoms with Crippen LogP contribution in [0.15, 0.2) is 6.20 Å². The van der Waals surface area contributed by atoms with Gasteiger partial charge in [0.15, 0.2) is 5.75 Å². The third-order valence-electron chi connectivity index (χ3n) is 0.917. The van der Waals surface area contributed by atoms with Crippen molar-refractivity contribution >= 4 is 5.82 Å². The van der Waals surface area contributed by atoms with Gasteiger partial charge in [0, 0.05) is 0 Å². The number of methoxy groups -OCH3 is 1. The molecule has 0 saturated carbocycles. The largest absolute Gasteiger partial charge is 0.504 e. The van der Waals surface area contributed by atoms with Gasteiger partial charge < -0.3 is 9.58 Å². The fourth-order valence-corrected chi connectivity index (χ4v) is 0.498. The molecule has 0 unspecified atom stereocenters. The van der Waals surface area contributed by atoms with Gasteiger partial charge in [-0.2, -0.15) is 0 Å². The molecule has 46 valence electrons. The summed E-state index contributed by atoms with van der Waals surface area (Å²) in [5.74, 6) is 0.836. The molecule has 0 aromatic carbocycles. The first-order chi connectivity index (χ1) is 4.38. The number of aromatic nitrogens is 2. The van der Waals surface area contributed by atoms with E-state index in [9.17, 15) is 0 Å². The van der Waals surface area contributed by atoms with E-state index in [1.54, 1.807) is 0 Å². The van der Waals surface area contributed by atoms with Crippen LogP contribution >= 0.6 is 0 Å². The Bertz CT molecular complexity index is 235. The minimum absolute atomic E-state index is 0.345. The Kier molecular flexibility index (Phi) is 1.36. The first-order valence-corrected chi connectivity index (χ1v) is 2.33. The van der Waals surface area contributed by atoms with Crippen molar-refractivity contribution in [3.63, 3.8) is 0 Å². The van der Waals surface area contributed by atoms with Crippen LogP contribution in [0.4, 0.5) is 5.82 Å². The summed E-state index contributed by atoms with van der Waals surface area (Å²) in [7, 11) is 1.50. The highest BCUT2D eigenvalue weighted by Gasteiger charge is 2.00. The van der Waals surface area contributed by atoms with Crippen molar-refractivity contribution in [1.29, 1.82) is 0 Å². The van der Waals surface area contributed by atoms with Gasteiger partial charge >= 0.3 is 0 Å². The zero-order chi connectivity index (χ0) is 6.69. The standard InChI is InChI=1S/C5H5N3O/c1-6-5-4(9-2)3-7-8-5/h3H,2H3,(H,7,8). The normalized spacial score (nSPS) is 8.44. The maximum atomic E-state index is 6.58. The summed E-state index contributed by atoms with van der Waals surface area (Å²) in [6.45, 7) is 6.58. The zero-order valence-electron chi connectivity index (χ0n) is 4.88. The number of ether oxygens (including phenoxy) is 1. The van der Waals surface area contributed by atoms with Gasteiger partial charge in [-0.05, 0) is 0 Å². The fraction of sp³-hybridized carbons (Fsp3) is 0.200. The summed E-state index contributed by atoms with van der Waals surface area (Å²) >= 11 is 0. The molecule has 0 aliphatic heterocycles. The molecule has 0 bridgehead atoms. The van der Waals surface area contributed by atoms with Crippen molar-refractivity contribution in [3.05, 3.63) is 17.6 Å². The Hall–Kier alpha value is -1.50. The van der Waals surface area contributed by atoms with Crippen molar-refractivity contribution in [1.82, 2.24) is 10.2 Å². The quantitative estimate of drug-likeness (QED) is 0.565. The van der Waals surface area contributed by atoms with E-state index < -0.39 is 0 Å². The van der Waals surface area contributed by atoms with Gasteiger partial charge in [0.2, 0.25) is 0 Å². The van der Waals surface area contributed by atoms with Crippen LogP contribution in [0, 0.1) is 6.57 Å². The minimum atomic E-state index is 0.345. The van der Waals surface area contributed by atoms with Crippen LogP contribution in [-0.2, 0) is 0 Å². The lowest BCUT2D eigenvalue weighted by Gasteiger charge is -1.90. The highest BCUT2D eigenvalue weighted by Crippen LogP contribution is 2.21. The monoisotopic (exact) mass is 123 g/mol. The number of H-pyrrole nitrogens is 1. The van der Waals surface area contributed by atoms with Crippen molar-refractivity contribution in [3.8, 4) is 5.75 Å². The summed E-state index contributed by atoms with van der Waals surface area (Å²) in [5, 5.41) is 6.08. The Labute approximate surface area is 52.3 Å². The second-order valence-electron chi connectivity index (χ2n) is 1.40. The first-order valence-electron chi connectivity index (χ1n) is 2.33. The van der Waals surface area contributed by atoms with E-state index in [1.165, 1.54) is 13.3 Å². The van der Waals surface area contributed by atoms with E-state index in [4.69, 9.17) is 11.3 Å². The zero-order valence-corrected chi connectivity index (χ0v) is 4.88. The lowest BCUT2D eigenvalue weighted by molar-refractivity contribution is 0.417. The van der Waals surface area contributed by atoms with Crippen LogP contribution in [0.1, 0.15) is 0 Å². The molecule has 0 amide bonds. The van der Waals surface area contributed by atoms with Gasteiger partial charge in [0.05, 0.1) is 7.11 Å². The number of hydrogen-bond acceptors (Lipinski definition) is 2. The highest BCUT2D eigenvalue weighted by molar-refractivity contribution is 5.48. The molecule has 1 aromatic heterocycles. The van der Waals surface area contributed by atoms with E-state index >= 15 is 0 Å².